The summed E-state index contributed by atoms with van der Waals surface area (Å²) in [5.41, 5.74) is 1.77. The SMILES string of the molecule is Cc1nc(CC(C)C)c(C(=O)Nc2ccc(C(=O)NCCC(=O)O)cc2)s1. The lowest BCUT2D eigenvalue weighted by molar-refractivity contribution is -0.136. The molecule has 0 bridgehead atoms. The minimum Gasteiger partial charge on any atom is -0.481 e. The van der Waals surface area contributed by atoms with E-state index in [9.17, 15) is 14.4 Å². The lowest BCUT2D eigenvalue weighted by Gasteiger charge is -2.08. The zero-order chi connectivity index (χ0) is 20.0. The second-order valence-electron chi connectivity index (χ2n) is 6.54. The number of carbonyl (C=O) groups is 3. The number of benzene rings is 1. The van der Waals surface area contributed by atoms with Gasteiger partial charge in [0.25, 0.3) is 11.8 Å². The maximum atomic E-state index is 12.6. The van der Waals surface area contributed by atoms with E-state index < -0.39 is 5.97 Å². The molecular formula is C19H23N3O4S. The lowest BCUT2D eigenvalue weighted by Crippen LogP contribution is -2.25. The van der Waals surface area contributed by atoms with Gasteiger partial charge in [0.05, 0.1) is 17.1 Å². The van der Waals surface area contributed by atoms with E-state index >= 15 is 0 Å². The van der Waals surface area contributed by atoms with Crippen molar-refractivity contribution < 1.29 is 19.5 Å². The van der Waals surface area contributed by atoms with Crippen molar-refractivity contribution in [3.05, 3.63) is 45.4 Å². The van der Waals surface area contributed by atoms with Gasteiger partial charge in [0.15, 0.2) is 0 Å². The van der Waals surface area contributed by atoms with E-state index in [0.29, 0.717) is 22.0 Å². The monoisotopic (exact) mass is 389 g/mol. The topological polar surface area (TPSA) is 108 Å². The molecule has 0 fully saturated rings. The van der Waals surface area contributed by atoms with Crippen molar-refractivity contribution in [1.82, 2.24) is 10.3 Å². The van der Waals surface area contributed by atoms with Gasteiger partial charge in [0.1, 0.15) is 4.88 Å². The molecule has 7 nitrogen and oxygen atoms in total. The number of hydrogen-bond acceptors (Lipinski definition) is 5. The second kappa shape index (κ2) is 9.27. The number of anilines is 1. The quantitative estimate of drug-likeness (QED) is 0.643. The van der Waals surface area contributed by atoms with E-state index in [1.54, 1.807) is 24.3 Å². The first kappa shape index (κ1) is 20.6. The summed E-state index contributed by atoms with van der Waals surface area (Å²) in [6, 6.07) is 6.44. The van der Waals surface area contributed by atoms with Gasteiger partial charge in [-0.1, -0.05) is 13.8 Å². The number of carbonyl (C=O) groups excluding carboxylic acids is 2. The third kappa shape index (κ3) is 6.18. The Labute approximate surface area is 161 Å². The summed E-state index contributed by atoms with van der Waals surface area (Å²) in [7, 11) is 0. The van der Waals surface area contributed by atoms with E-state index in [0.717, 1.165) is 17.1 Å². The summed E-state index contributed by atoms with van der Waals surface area (Å²) in [6.07, 6.45) is 0.607. The fourth-order valence-corrected chi connectivity index (χ4v) is 3.29. The number of hydrogen-bond donors (Lipinski definition) is 3. The summed E-state index contributed by atoms with van der Waals surface area (Å²) in [5, 5.41) is 14.8. The second-order valence-corrected chi connectivity index (χ2v) is 7.74. The standard InChI is InChI=1S/C19H23N3O4S/c1-11(2)10-15-17(27-12(3)21-15)19(26)22-14-6-4-13(5-7-14)18(25)20-9-8-16(23)24/h4-7,11H,8-10H2,1-3H3,(H,20,25)(H,22,26)(H,23,24). The summed E-state index contributed by atoms with van der Waals surface area (Å²) in [5.74, 6) is -1.14. The highest BCUT2D eigenvalue weighted by Gasteiger charge is 2.18. The molecule has 8 heteroatoms. The molecule has 0 aliphatic heterocycles. The van der Waals surface area contributed by atoms with Gasteiger partial charge in [-0.15, -0.1) is 11.3 Å². The maximum Gasteiger partial charge on any atom is 0.305 e. The van der Waals surface area contributed by atoms with Crippen LogP contribution in [0.15, 0.2) is 24.3 Å². The molecule has 2 aromatic rings. The van der Waals surface area contributed by atoms with Gasteiger partial charge >= 0.3 is 5.97 Å². The summed E-state index contributed by atoms with van der Waals surface area (Å²) >= 11 is 1.37. The number of aliphatic carboxylic acids is 1. The van der Waals surface area contributed by atoms with Crippen molar-refractivity contribution >= 4 is 34.8 Å². The van der Waals surface area contributed by atoms with Gasteiger partial charge in [-0.2, -0.15) is 0 Å². The molecule has 3 N–H and O–H groups in total. The maximum absolute atomic E-state index is 12.6. The predicted molar refractivity (Wildman–Crippen MR) is 104 cm³/mol. The Bertz CT molecular complexity index is 828. The summed E-state index contributed by atoms with van der Waals surface area (Å²) < 4.78 is 0. The van der Waals surface area contributed by atoms with Crippen LogP contribution in [0.5, 0.6) is 0 Å². The molecule has 0 unspecified atom stereocenters. The number of rotatable bonds is 8. The van der Waals surface area contributed by atoms with E-state index in [2.05, 4.69) is 29.5 Å². The number of thiazole rings is 1. The van der Waals surface area contributed by atoms with Gasteiger partial charge in [-0.3, -0.25) is 14.4 Å². The average Bonchev–Trinajstić information content (AvgIpc) is 2.94. The Morgan fingerprint density at radius 1 is 1.15 bits per heavy atom. The van der Waals surface area contributed by atoms with E-state index in [4.69, 9.17) is 5.11 Å². The molecule has 0 saturated heterocycles. The van der Waals surface area contributed by atoms with Crippen LogP contribution in [0.4, 0.5) is 5.69 Å². The van der Waals surface area contributed by atoms with E-state index in [-0.39, 0.29) is 24.8 Å². The van der Waals surface area contributed by atoms with Crippen LogP contribution in [0.3, 0.4) is 0 Å². The van der Waals surface area contributed by atoms with Gasteiger partial charge in [-0.25, -0.2) is 4.98 Å². The van der Waals surface area contributed by atoms with Crippen molar-refractivity contribution in [2.75, 3.05) is 11.9 Å². The smallest absolute Gasteiger partial charge is 0.305 e. The Balaban J connectivity index is 2.01. The lowest BCUT2D eigenvalue weighted by atomic mass is 10.1. The first-order chi connectivity index (χ1) is 12.8. The van der Waals surface area contributed by atoms with Crippen molar-refractivity contribution in [2.45, 2.75) is 33.6 Å². The average molecular weight is 389 g/mol. The molecule has 27 heavy (non-hydrogen) atoms. The predicted octanol–water partition coefficient (Wildman–Crippen LogP) is 3.11. The minimum absolute atomic E-state index is 0.0655. The Morgan fingerprint density at radius 2 is 1.81 bits per heavy atom. The number of carboxylic acid groups (broad SMARTS) is 1. The molecule has 0 aliphatic carbocycles. The summed E-state index contributed by atoms with van der Waals surface area (Å²) in [6.45, 7) is 6.10. The van der Waals surface area contributed by atoms with Gasteiger partial charge in [0.2, 0.25) is 0 Å². The Hall–Kier alpha value is -2.74. The first-order valence-electron chi connectivity index (χ1n) is 8.64. The molecule has 0 atom stereocenters. The van der Waals surface area contributed by atoms with Crippen molar-refractivity contribution in [2.24, 2.45) is 5.92 Å². The third-order valence-corrected chi connectivity index (χ3v) is 4.65. The van der Waals surface area contributed by atoms with Crippen LogP contribution in [0, 0.1) is 12.8 Å². The number of aryl methyl sites for hydroxylation is 1. The number of amides is 2. The van der Waals surface area contributed by atoms with Crippen LogP contribution < -0.4 is 10.6 Å². The number of nitrogens with zero attached hydrogens (tertiary/aromatic N) is 1. The van der Waals surface area contributed by atoms with Crippen LogP contribution in [0.25, 0.3) is 0 Å². The molecule has 144 valence electrons. The molecule has 0 radical (unpaired) electrons. The van der Waals surface area contributed by atoms with Crippen LogP contribution >= 0.6 is 11.3 Å². The highest BCUT2D eigenvalue weighted by molar-refractivity contribution is 7.13. The first-order valence-corrected chi connectivity index (χ1v) is 9.45. The van der Waals surface area contributed by atoms with Crippen LogP contribution in [-0.4, -0.2) is 34.4 Å². The van der Waals surface area contributed by atoms with Crippen LogP contribution in [-0.2, 0) is 11.2 Å². The van der Waals surface area contributed by atoms with Gasteiger partial charge in [0, 0.05) is 17.8 Å². The van der Waals surface area contributed by atoms with Crippen molar-refractivity contribution in [3.8, 4) is 0 Å². The molecule has 2 amide bonds. The normalized spacial score (nSPS) is 10.7. The zero-order valence-corrected chi connectivity index (χ0v) is 16.4. The minimum atomic E-state index is -0.969. The van der Waals surface area contributed by atoms with E-state index in [1.165, 1.54) is 11.3 Å². The highest BCUT2D eigenvalue weighted by Crippen LogP contribution is 2.22. The fourth-order valence-electron chi connectivity index (χ4n) is 2.45. The zero-order valence-electron chi connectivity index (χ0n) is 15.5. The van der Waals surface area contributed by atoms with Gasteiger partial charge < -0.3 is 15.7 Å². The number of nitrogens with one attached hydrogen (secondary N) is 2. The molecule has 0 aliphatic rings. The molecule has 0 saturated carbocycles. The highest BCUT2D eigenvalue weighted by atomic mass is 32.1. The van der Waals surface area contributed by atoms with Crippen LogP contribution in [0.1, 0.15) is 51.0 Å². The molecule has 1 aromatic heterocycles. The largest absolute Gasteiger partial charge is 0.481 e. The summed E-state index contributed by atoms with van der Waals surface area (Å²) in [4.78, 5) is 40.0. The molecule has 1 heterocycles. The third-order valence-electron chi connectivity index (χ3n) is 3.64. The fraction of sp³-hybridized carbons (Fsp3) is 0.368. The molecule has 2 rings (SSSR count). The number of aromatic nitrogens is 1. The van der Waals surface area contributed by atoms with E-state index in [1.807, 2.05) is 6.92 Å². The Morgan fingerprint density at radius 3 is 2.41 bits per heavy atom. The number of carboxylic acids is 1. The van der Waals surface area contributed by atoms with Crippen molar-refractivity contribution in [3.63, 3.8) is 0 Å². The van der Waals surface area contributed by atoms with Gasteiger partial charge in [-0.05, 0) is 43.5 Å². The Kier molecular flexibility index (Phi) is 7.06. The van der Waals surface area contributed by atoms with Crippen molar-refractivity contribution in [1.29, 1.82) is 0 Å². The molecule has 1 aromatic carbocycles. The molecular weight excluding hydrogens is 366 g/mol. The van der Waals surface area contributed by atoms with Crippen LogP contribution in [0.2, 0.25) is 0 Å². The molecule has 0 spiro atoms.